The van der Waals surface area contributed by atoms with Crippen LogP contribution in [0.3, 0.4) is 0 Å². The van der Waals surface area contributed by atoms with E-state index >= 15 is 0 Å². The molecule has 1 N–H and O–H groups in total. The van der Waals surface area contributed by atoms with E-state index < -0.39 is 0 Å². The number of nitrogens with one attached hydrogen (secondary N) is 1. The summed E-state index contributed by atoms with van der Waals surface area (Å²) in [5.74, 6) is 1.95. The molecule has 1 fully saturated rings. The summed E-state index contributed by atoms with van der Waals surface area (Å²) in [5.41, 5.74) is 1.19. The van der Waals surface area contributed by atoms with Crippen LogP contribution in [0.2, 0.25) is 0 Å². The van der Waals surface area contributed by atoms with Crippen LogP contribution in [0.4, 0.5) is 0 Å². The van der Waals surface area contributed by atoms with E-state index in [9.17, 15) is 0 Å². The minimum absolute atomic E-state index is 0.260. The van der Waals surface area contributed by atoms with E-state index in [-0.39, 0.29) is 6.61 Å². The van der Waals surface area contributed by atoms with Crippen LogP contribution in [-0.4, -0.2) is 22.8 Å². The molecule has 3 rings (SSSR count). The van der Waals surface area contributed by atoms with Gasteiger partial charge >= 0.3 is 0 Å². The molecule has 0 bridgehead atoms. The molecule has 1 heterocycles. The largest absolute Gasteiger partial charge is 0.490 e. The van der Waals surface area contributed by atoms with Crippen LogP contribution < -0.4 is 14.8 Å². The van der Waals surface area contributed by atoms with Crippen molar-refractivity contribution in [2.24, 2.45) is 0 Å². The second-order valence-corrected chi connectivity index (χ2v) is 5.01. The first-order valence-electron chi connectivity index (χ1n) is 7.22. The fraction of sp³-hybridized carbons (Fsp3) is 0.467. The monoisotopic (exact) mass is 289 g/mol. The average Bonchev–Trinajstić information content (AvgIpc) is 3.18. The van der Waals surface area contributed by atoms with E-state index in [1.807, 2.05) is 25.1 Å². The lowest BCUT2D eigenvalue weighted by atomic mass is 10.2. The van der Waals surface area contributed by atoms with Gasteiger partial charge in [0.2, 0.25) is 12.2 Å². The Morgan fingerprint density at radius 1 is 1.29 bits per heavy atom. The Hall–Kier alpha value is -2.08. The molecule has 1 aliphatic rings. The van der Waals surface area contributed by atoms with Crippen LogP contribution in [0.1, 0.15) is 31.2 Å². The number of nitrogens with zero attached hydrogens (tertiary/aromatic N) is 2. The Labute approximate surface area is 123 Å². The maximum atomic E-state index is 5.70. The Kier molecular flexibility index (Phi) is 4.35. The normalized spacial score (nSPS) is 14.1. The fourth-order valence-corrected chi connectivity index (χ4v) is 2.00. The topological polar surface area (TPSA) is 69.4 Å². The summed E-state index contributed by atoms with van der Waals surface area (Å²) < 4.78 is 16.0. The van der Waals surface area contributed by atoms with Crippen molar-refractivity contribution in [1.82, 2.24) is 15.5 Å². The van der Waals surface area contributed by atoms with E-state index in [0.29, 0.717) is 24.2 Å². The lowest BCUT2D eigenvalue weighted by Gasteiger charge is -2.13. The second-order valence-electron chi connectivity index (χ2n) is 5.01. The van der Waals surface area contributed by atoms with E-state index in [4.69, 9.17) is 9.47 Å². The van der Waals surface area contributed by atoms with Crippen molar-refractivity contribution >= 4 is 0 Å². The van der Waals surface area contributed by atoms with Crippen molar-refractivity contribution < 1.29 is 14.0 Å². The molecule has 0 spiro atoms. The molecule has 6 heteroatoms. The number of rotatable bonds is 8. The zero-order valence-electron chi connectivity index (χ0n) is 12.0. The molecule has 0 amide bonds. The molecule has 0 atom stereocenters. The van der Waals surface area contributed by atoms with Crippen LogP contribution >= 0.6 is 0 Å². The Bertz CT molecular complexity index is 568. The van der Waals surface area contributed by atoms with E-state index in [1.165, 1.54) is 24.8 Å². The van der Waals surface area contributed by atoms with Gasteiger partial charge in [0.05, 0.1) is 6.61 Å². The van der Waals surface area contributed by atoms with Gasteiger partial charge in [-0.2, -0.15) is 4.98 Å². The molecular formula is C15H19N3O3. The summed E-state index contributed by atoms with van der Waals surface area (Å²) in [4.78, 5) is 3.93. The lowest BCUT2D eigenvalue weighted by molar-refractivity contribution is 0.258. The Morgan fingerprint density at radius 2 is 2.19 bits per heavy atom. The average molecular weight is 289 g/mol. The van der Waals surface area contributed by atoms with Gasteiger partial charge in [0.1, 0.15) is 0 Å². The zero-order valence-corrected chi connectivity index (χ0v) is 12.0. The van der Waals surface area contributed by atoms with Gasteiger partial charge in [-0.1, -0.05) is 11.2 Å². The third-order valence-corrected chi connectivity index (χ3v) is 3.24. The van der Waals surface area contributed by atoms with Gasteiger partial charge < -0.3 is 19.3 Å². The van der Waals surface area contributed by atoms with Crippen LogP contribution in [0.25, 0.3) is 0 Å². The molecule has 0 radical (unpaired) electrons. The Balaban J connectivity index is 1.65. The maximum Gasteiger partial charge on any atom is 0.213 e. The van der Waals surface area contributed by atoms with Crippen LogP contribution in [-0.2, 0) is 13.2 Å². The molecule has 6 nitrogen and oxygen atoms in total. The zero-order chi connectivity index (χ0) is 14.5. The summed E-state index contributed by atoms with van der Waals surface area (Å²) in [7, 11) is 0. The molecule has 21 heavy (non-hydrogen) atoms. The van der Waals surface area contributed by atoms with E-state index in [1.54, 1.807) is 0 Å². The number of aromatic nitrogens is 2. The summed E-state index contributed by atoms with van der Waals surface area (Å²) in [6.07, 6.45) is 3.85. The SMILES string of the molecule is CCOc1cc(CNC2CC2)ccc1OCc1ncon1. The first-order valence-corrected chi connectivity index (χ1v) is 7.22. The standard InChI is InChI=1S/C15H19N3O3/c1-2-19-14-7-11(8-16-12-4-5-12)3-6-13(14)20-9-15-17-10-21-18-15/h3,6-7,10,12,16H,2,4-5,8-9H2,1H3. The number of benzene rings is 1. The summed E-state index contributed by atoms with van der Waals surface area (Å²) in [5, 5.41) is 7.21. The van der Waals surface area contributed by atoms with Crippen molar-refractivity contribution in [3.63, 3.8) is 0 Å². The molecule has 1 aromatic carbocycles. The number of hydrogen-bond acceptors (Lipinski definition) is 6. The highest BCUT2D eigenvalue weighted by atomic mass is 16.5. The molecule has 1 saturated carbocycles. The minimum atomic E-state index is 0.260. The van der Waals surface area contributed by atoms with Gasteiger partial charge in [0.15, 0.2) is 18.1 Å². The van der Waals surface area contributed by atoms with Gasteiger partial charge in [0, 0.05) is 12.6 Å². The van der Waals surface area contributed by atoms with Crippen molar-refractivity contribution in [1.29, 1.82) is 0 Å². The van der Waals surface area contributed by atoms with E-state index in [0.717, 1.165) is 12.3 Å². The number of ether oxygens (including phenoxy) is 2. The van der Waals surface area contributed by atoms with Gasteiger partial charge in [-0.05, 0) is 37.5 Å². The second kappa shape index (κ2) is 6.58. The molecule has 0 unspecified atom stereocenters. The maximum absolute atomic E-state index is 5.70. The molecule has 112 valence electrons. The predicted octanol–water partition coefficient (Wildman–Crippen LogP) is 2.30. The molecule has 2 aromatic rings. The van der Waals surface area contributed by atoms with Crippen molar-refractivity contribution in [3.8, 4) is 11.5 Å². The van der Waals surface area contributed by atoms with Crippen LogP contribution in [0.15, 0.2) is 29.1 Å². The van der Waals surface area contributed by atoms with Crippen molar-refractivity contribution in [3.05, 3.63) is 36.0 Å². The lowest BCUT2D eigenvalue weighted by Crippen LogP contribution is -2.15. The smallest absolute Gasteiger partial charge is 0.213 e. The Morgan fingerprint density at radius 3 is 2.90 bits per heavy atom. The van der Waals surface area contributed by atoms with Crippen molar-refractivity contribution in [2.45, 2.75) is 39.0 Å². The van der Waals surface area contributed by atoms with Crippen LogP contribution in [0.5, 0.6) is 11.5 Å². The molecule has 0 saturated heterocycles. The summed E-state index contributed by atoms with van der Waals surface area (Å²) in [6, 6.07) is 6.68. The minimum Gasteiger partial charge on any atom is -0.490 e. The third-order valence-electron chi connectivity index (χ3n) is 3.24. The molecular weight excluding hydrogens is 270 g/mol. The molecule has 1 aliphatic carbocycles. The highest BCUT2D eigenvalue weighted by molar-refractivity contribution is 5.43. The highest BCUT2D eigenvalue weighted by Crippen LogP contribution is 2.29. The summed E-state index contributed by atoms with van der Waals surface area (Å²) in [6.45, 7) is 3.67. The van der Waals surface area contributed by atoms with Gasteiger partial charge in [0.25, 0.3) is 0 Å². The van der Waals surface area contributed by atoms with Crippen molar-refractivity contribution in [2.75, 3.05) is 6.61 Å². The van der Waals surface area contributed by atoms with Gasteiger partial charge in [-0.3, -0.25) is 0 Å². The molecule has 0 aliphatic heterocycles. The first kappa shape index (κ1) is 13.9. The van der Waals surface area contributed by atoms with E-state index in [2.05, 4.69) is 20.0 Å². The highest BCUT2D eigenvalue weighted by Gasteiger charge is 2.20. The van der Waals surface area contributed by atoms with Gasteiger partial charge in [-0.15, -0.1) is 0 Å². The fourth-order valence-electron chi connectivity index (χ4n) is 2.00. The molecule has 1 aromatic heterocycles. The third kappa shape index (κ3) is 3.95. The summed E-state index contributed by atoms with van der Waals surface area (Å²) >= 11 is 0. The van der Waals surface area contributed by atoms with Gasteiger partial charge in [-0.25, -0.2) is 0 Å². The first-order chi connectivity index (χ1) is 10.3. The number of hydrogen-bond donors (Lipinski definition) is 1. The quantitative estimate of drug-likeness (QED) is 0.804. The van der Waals surface area contributed by atoms with Crippen LogP contribution in [0, 0.1) is 0 Å². The predicted molar refractivity (Wildman–Crippen MR) is 76.1 cm³/mol.